The van der Waals surface area contributed by atoms with Gasteiger partial charge < -0.3 is 10.0 Å². The molecular formula is C17H21N3O2. The molecular weight excluding hydrogens is 278 g/mol. The molecule has 0 radical (unpaired) electrons. The summed E-state index contributed by atoms with van der Waals surface area (Å²) in [4.78, 5) is 21.5. The van der Waals surface area contributed by atoms with Gasteiger partial charge in [-0.25, -0.2) is 14.8 Å². The van der Waals surface area contributed by atoms with E-state index < -0.39 is 5.97 Å². The van der Waals surface area contributed by atoms with E-state index in [1.54, 1.807) is 19.0 Å². The van der Waals surface area contributed by atoms with Crippen molar-refractivity contribution in [1.29, 1.82) is 0 Å². The number of hydrogen-bond acceptors (Lipinski definition) is 4. The molecule has 5 heteroatoms. The third-order valence-corrected chi connectivity index (χ3v) is 3.43. The summed E-state index contributed by atoms with van der Waals surface area (Å²) in [5.41, 5.74) is 2.28. The van der Waals surface area contributed by atoms with Crippen molar-refractivity contribution in [2.45, 2.75) is 26.2 Å². The van der Waals surface area contributed by atoms with Crippen LogP contribution in [-0.4, -0.2) is 35.1 Å². The minimum Gasteiger partial charge on any atom is -0.477 e. The zero-order valence-corrected chi connectivity index (χ0v) is 13.6. The Kier molecular flexibility index (Phi) is 4.17. The fraction of sp³-hybridized carbons (Fsp3) is 0.353. The van der Waals surface area contributed by atoms with E-state index in [1.165, 1.54) is 11.8 Å². The van der Waals surface area contributed by atoms with Crippen LogP contribution in [0.5, 0.6) is 0 Å². The molecule has 22 heavy (non-hydrogen) atoms. The lowest BCUT2D eigenvalue weighted by atomic mass is 9.87. The lowest BCUT2D eigenvalue weighted by Gasteiger charge is -2.19. The Morgan fingerprint density at radius 2 is 1.73 bits per heavy atom. The first-order valence-electron chi connectivity index (χ1n) is 7.08. The molecule has 0 atom stereocenters. The molecule has 0 spiro atoms. The Labute approximate surface area is 130 Å². The summed E-state index contributed by atoms with van der Waals surface area (Å²) in [5.74, 6) is -0.107. The number of anilines is 1. The van der Waals surface area contributed by atoms with Gasteiger partial charge >= 0.3 is 5.97 Å². The molecule has 1 aromatic carbocycles. The van der Waals surface area contributed by atoms with Crippen molar-refractivity contribution in [3.8, 4) is 11.4 Å². The van der Waals surface area contributed by atoms with Crippen LogP contribution in [0.25, 0.3) is 11.4 Å². The smallest absolute Gasteiger partial charge is 0.341 e. The second-order valence-corrected chi connectivity index (χ2v) is 6.46. The molecule has 1 N–H and O–H groups in total. The second kappa shape index (κ2) is 5.75. The summed E-state index contributed by atoms with van der Waals surface area (Å²) < 4.78 is 0. The average molecular weight is 299 g/mol. The molecule has 0 unspecified atom stereocenters. The molecule has 2 rings (SSSR count). The van der Waals surface area contributed by atoms with E-state index in [0.717, 1.165) is 5.56 Å². The highest BCUT2D eigenvalue weighted by Gasteiger charge is 2.17. The van der Waals surface area contributed by atoms with Gasteiger partial charge in [-0.3, -0.25) is 0 Å². The zero-order chi connectivity index (χ0) is 16.5. The van der Waals surface area contributed by atoms with Crippen molar-refractivity contribution >= 4 is 11.8 Å². The van der Waals surface area contributed by atoms with Crippen molar-refractivity contribution in [2.75, 3.05) is 19.0 Å². The SMILES string of the molecule is CN(C)c1nc(-c2ccc(C(C)(C)C)cc2)ncc1C(=O)O. The van der Waals surface area contributed by atoms with Crippen molar-refractivity contribution in [2.24, 2.45) is 0 Å². The first kappa shape index (κ1) is 15.9. The topological polar surface area (TPSA) is 66.3 Å². The van der Waals surface area contributed by atoms with Crippen molar-refractivity contribution in [1.82, 2.24) is 9.97 Å². The maximum Gasteiger partial charge on any atom is 0.341 e. The van der Waals surface area contributed by atoms with Crippen molar-refractivity contribution < 1.29 is 9.90 Å². The Hall–Kier alpha value is -2.43. The van der Waals surface area contributed by atoms with Crippen molar-refractivity contribution in [3.63, 3.8) is 0 Å². The van der Waals surface area contributed by atoms with Gasteiger partial charge in [0.2, 0.25) is 0 Å². The number of aromatic nitrogens is 2. The second-order valence-electron chi connectivity index (χ2n) is 6.46. The van der Waals surface area contributed by atoms with Crippen LogP contribution in [0, 0.1) is 0 Å². The van der Waals surface area contributed by atoms with Gasteiger partial charge in [-0.2, -0.15) is 0 Å². The van der Waals surface area contributed by atoms with Crippen LogP contribution in [0.1, 0.15) is 36.7 Å². The van der Waals surface area contributed by atoms with Crippen LogP contribution < -0.4 is 4.90 Å². The highest BCUT2D eigenvalue weighted by atomic mass is 16.4. The van der Waals surface area contributed by atoms with Gasteiger partial charge in [0.15, 0.2) is 5.82 Å². The van der Waals surface area contributed by atoms with E-state index in [1.807, 2.05) is 12.1 Å². The number of aromatic carboxylic acids is 1. The molecule has 0 bridgehead atoms. The Bertz CT molecular complexity index is 686. The Morgan fingerprint density at radius 1 is 1.14 bits per heavy atom. The number of hydrogen-bond donors (Lipinski definition) is 1. The summed E-state index contributed by atoms with van der Waals surface area (Å²) in [5, 5.41) is 9.20. The quantitative estimate of drug-likeness (QED) is 0.942. The summed E-state index contributed by atoms with van der Waals surface area (Å²) in [6.45, 7) is 6.47. The standard InChI is InChI=1S/C17H21N3O2/c1-17(2,3)12-8-6-11(7-9-12)14-18-10-13(16(21)22)15(19-14)20(4)5/h6-10H,1-5H3,(H,21,22). The number of rotatable bonds is 3. The lowest BCUT2D eigenvalue weighted by Crippen LogP contribution is -2.16. The van der Waals surface area contributed by atoms with Crippen LogP contribution in [-0.2, 0) is 5.41 Å². The first-order valence-corrected chi connectivity index (χ1v) is 7.08. The van der Waals surface area contributed by atoms with Gasteiger partial charge in [-0.1, -0.05) is 45.0 Å². The van der Waals surface area contributed by atoms with E-state index in [9.17, 15) is 9.90 Å². The van der Waals surface area contributed by atoms with E-state index >= 15 is 0 Å². The molecule has 1 aromatic heterocycles. The van der Waals surface area contributed by atoms with Crippen LogP contribution in [0.4, 0.5) is 5.82 Å². The van der Waals surface area contributed by atoms with Gasteiger partial charge in [0.25, 0.3) is 0 Å². The number of carbonyl (C=O) groups is 1. The number of carboxylic acid groups (broad SMARTS) is 1. The minimum absolute atomic E-state index is 0.0847. The van der Waals surface area contributed by atoms with Crippen LogP contribution in [0.15, 0.2) is 30.5 Å². The summed E-state index contributed by atoms with van der Waals surface area (Å²) in [7, 11) is 3.53. The summed E-state index contributed by atoms with van der Waals surface area (Å²) >= 11 is 0. The molecule has 116 valence electrons. The number of carboxylic acids is 1. The predicted octanol–water partition coefficient (Wildman–Crippen LogP) is 3.21. The highest BCUT2D eigenvalue weighted by molar-refractivity contribution is 5.93. The third-order valence-electron chi connectivity index (χ3n) is 3.43. The van der Waals surface area contributed by atoms with E-state index in [0.29, 0.717) is 11.6 Å². The maximum absolute atomic E-state index is 11.2. The average Bonchev–Trinajstić information content (AvgIpc) is 2.45. The molecule has 0 aliphatic rings. The van der Waals surface area contributed by atoms with Crippen molar-refractivity contribution in [3.05, 3.63) is 41.6 Å². The summed E-state index contributed by atoms with van der Waals surface area (Å²) in [6, 6.07) is 8.05. The molecule has 0 amide bonds. The fourth-order valence-corrected chi connectivity index (χ4v) is 2.12. The predicted molar refractivity (Wildman–Crippen MR) is 87.5 cm³/mol. The minimum atomic E-state index is -1.03. The monoisotopic (exact) mass is 299 g/mol. The van der Waals surface area contributed by atoms with Gasteiger partial charge in [-0.05, 0) is 11.0 Å². The van der Waals surface area contributed by atoms with E-state index in [4.69, 9.17) is 0 Å². The fourth-order valence-electron chi connectivity index (χ4n) is 2.12. The highest BCUT2D eigenvalue weighted by Crippen LogP contribution is 2.26. The van der Waals surface area contributed by atoms with E-state index in [-0.39, 0.29) is 11.0 Å². The first-order chi connectivity index (χ1) is 10.2. The normalized spacial score (nSPS) is 11.3. The van der Waals surface area contributed by atoms with Crippen LogP contribution in [0.3, 0.4) is 0 Å². The van der Waals surface area contributed by atoms with Gasteiger partial charge in [0.05, 0.1) is 0 Å². The molecule has 0 fully saturated rings. The lowest BCUT2D eigenvalue weighted by molar-refractivity contribution is 0.0697. The van der Waals surface area contributed by atoms with Gasteiger partial charge in [-0.15, -0.1) is 0 Å². The molecule has 0 saturated heterocycles. The zero-order valence-electron chi connectivity index (χ0n) is 13.6. The van der Waals surface area contributed by atoms with Crippen LogP contribution >= 0.6 is 0 Å². The number of benzene rings is 1. The maximum atomic E-state index is 11.2. The Morgan fingerprint density at radius 3 is 2.18 bits per heavy atom. The van der Waals surface area contributed by atoms with Gasteiger partial charge in [0, 0.05) is 25.9 Å². The molecule has 0 aliphatic carbocycles. The largest absolute Gasteiger partial charge is 0.477 e. The molecule has 0 aliphatic heterocycles. The molecule has 0 saturated carbocycles. The third kappa shape index (κ3) is 3.24. The number of nitrogens with zero attached hydrogens (tertiary/aromatic N) is 3. The molecule has 2 aromatic rings. The van der Waals surface area contributed by atoms with Gasteiger partial charge in [0.1, 0.15) is 11.4 Å². The summed E-state index contributed by atoms with van der Waals surface area (Å²) in [6.07, 6.45) is 1.36. The Balaban J connectivity index is 2.45. The molecule has 5 nitrogen and oxygen atoms in total. The molecule has 1 heterocycles. The van der Waals surface area contributed by atoms with E-state index in [2.05, 4.69) is 42.9 Å². The van der Waals surface area contributed by atoms with Crippen LogP contribution in [0.2, 0.25) is 0 Å².